The van der Waals surface area contributed by atoms with Crippen LogP contribution in [-0.4, -0.2) is 82.3 Å². The van der Waals surface area contributed by atoms with E-state index < -0.39 is 24.3 Å². The quantitative estimate of drug-likeness (QED) is 0.0195. The molecule has 93 heavy (non-hydrogen) atoms. The van der Waals surface area contributed by atoms with Crippen LogP contribution in [-0.2, 0) is 33.3 Å². The molecule has 0 aromatic heterocycles. The molecule has 0 spiro atoms. The number of aliphatic carboxylic acids is 1. The van der Waals surface area contributed by atoms with Crippen molar-refractivity contribution < 1.29 is 42.9 Å². The molecule has 0 aliphatic rings. The maximum Gasteiger partial charge on any atom is 0.306 e. The summed E-state index contributed by atoms with van der Waals surface area (Å²) >= 11 is 0. The van der Waals surface area contributed by atoms with Gasteiger partial charge in [-0.25, -0.2) is 0 Å². The first kappa shape index (κ1) is 87.9. The van der Waals surface area contributed by atoms with Crippen molar-refractivity contribution in [3.63, 3.8) is 0 Å². The van der Waals surface area contributed by atoms with Crippen LogP contribution in [0.25, 0.3) is 0 Å². The third-order valence-electron chi connectivity index (χ3n) is 15.8. The van der Waals surface area contributed by atoms with Gasteiger partial charge in [0.2, 0.25) is 0 Å². The maximum atomic E-state index is 12.9. The number of carboxylic acid groups (broad SMARTS) is 1. The number of unbranched alkanes of at least 4 members (excludes halogenated alkanes) is 27. The van der Waals surface area contributed by atoms with E-state index in [9.17, 15) is 19.5 Å². The van der Waals surface area contributed by atoms with Crippen molar-refractivity contribution in [2.75, 3.05) is 47.5 Å². The zero-order chi connectivity index (χ0) is 67.5. The Morgan fingerprint density at radius 2 is 0.581 bits per heavy atom. The topological polar surface area (TPSA) is 111 Å². The van der Waals surface area contributed by atoms with Crippen LogP contribution < -0.4 is 5.11 Å². The molecule has 0 rings (SSSR count). The Balaban J connectivity index is 4.13. The SMILES string of the molecule is CC/C=C\C/C=C\C/C=C\C/C=C\C/C=C\C/C=C\C/C=C\C/C=C\C/C=C\CCCCCC(=O)OC(COC(=O)CCCCCCCCCCCCCCCCCCCCCCCCCC/C=C\C/C=C\C/C=C\C/C=C\CC)COC(OCC[N+](C)(C)C)C(=O)[O-]. The number of carbonyl (C=O) groups excluding carboxylic acids is 3. The fourth-order valence-electron chi connectivity index (χ4n) is 10.1. The maximum absolute atomic E-state index is 12.9. The van der Waals surface area contributed by atoms with Crippen LogP contribution in [0.5, 0.6) is 0 Å². The number of hydrogen-bond acceptors (Lipinski definition) is 8. The summed E-state index contributed by atoms with van der Waals surface area (Å²) in [5.74, 6) is -2.33. The predicted octanol–water partition coefficient (Wildman–Crippen LogP) is 22.7. The van der Waals surface area contributed by atoms with E-state index in [1.165, 1.54) is 141 Å². The molecule has 0 fully saturated rings. The third-order valence-corrected chi connectivity index (χ3v) is 15.8. The molecule has 0 aromatic rings. The van der Waals surface area contributed by atoms with Crippen molar-refractivity contribution in [2.24, 2.45) is 0 Å². The van der Waals surface area contributed by atoms with Crippen molar-refractivity contribution in [2.45, 2.75) is 309 Å². The minimum atomic E-state index is -1.64. The first-order valence-electron chi connectivity index (χ1n) is 37.6. The number of carbonyl (C=O) groups is 3. The number of rotatable bonds is 68. The Labute approximate surface area is 572 Å². The first-order valence-corrected chi connectivity index (χ1v) is 37.6. The zero-order valence-corrected chi connectivity index (χ0v) is 60.3. The fraction of sp³-hybridized carbons (Fsp3) is 0.655. The average molecular weight is 1290 g/mol. The van der Waals surface area contributed by atoms with Gasteiger partial charge in [0.15, 0.2) is 12.4 Å². The van der Waals surface area contributed by atoms with Crippen molar-refractivity contribution in [1.29, 1.82) is 0 Å². The molecule has 2 atom stereocenters. The Morgan fingerprint density at radius 3 is 0.871 bits per heavy atom. The van der Waals surface area contributed by atoms with Crippen molar-refractivity contribution in [3.8, 4) is 0 Å². The van der Waals surface area contributed by atoms with Gasteiger partial charge in [-0.2, -0.15) is 0 Å². The van der Waals surface area contributed by atoms with Crippen LogP contribution in [0.4, 0.5) is 0 Å². The van der Waals surface area contributed by atoms with E-state index in [0.717, 1.165) is 122 Å². The molecule has 0 radical (unpaired) electrons. The van der Waals surface area contributed by atoms with E-state index in [2.05, 4.69) is 172 Å². The van der Waals surface area contributed by atoms with Gasteiger partial charge in [-0.15, -0.1) is 0 Å². The molecule has 0 aliphatic heterocycles. The summed E-state index contributed by atoms with van der Waals surface area (Å²) < 4.78 is 22.8. The smallest absolute Gasteiger partial charge is 0.306 e. The summed E-state index contributed by atoms with van der Waals surface area (Å²) in [5.41, 5.74) is 0. The van der Waals surface area contributed by atoms with Crippen molar-refractivity contribution >= 4 is 17.9 Å². The van der Waals surface area contributed by atoms with Crippen LogP contribution in [0.15, 0.2) is 158 Å². The summed E-state index contributed by atoms with van der Waals surface area (Å²) in [4.78, 5) is 37.5. The molecule has 528 valence electrons. The third kappa shape index (κ3) is 74.2. The molecular weight excluding hydrogens is 1150 g/mol. The molecule has 0 saturated carbocycles. The van der Waals surface area contributed by atoms with Crippen molar-refractivity contribution in [1.82, 2.24) is 0 Å². The number of likely N-dealkylation sites (N-methyl/N-ethyl adjacent to an activating group) is 1. The number of allylic oxidation sites excluding steroid dienone is 26. The summed E-state index contributed by atoms with van der Waals surface area (Å²) in [5, 5.41) is 11.8. The van der Waals surface area contributed by atoms with Crippen LogP contribution in [0.2, 0.25) is 0 Å². The molecule has 0 amide bonds. The lowest BCUT2D eigenvalue weighted by atomic mass is 10.0. The van der Waals surface area contributed by atoms with Crippen LogP contribution >= 0.6 is 0 Å². The summed E-state index contributed by atoms with van der Waals surface area (Å²) in [7, 11) is 5.91. The Morgan fingerprint density at radius 1 is 0.323 bits per heavy atom. The number of carboxylic acids is 1. The zero-order valence-electron chi connectivity index (χ0n) is 60.3. The number of hydrogen-bond donors (Lipinski definition) is 0. The molecule has 0 bridgehead atoms. The monoisotopic (exact) mass is 1290 g/mol. The lowest BCUT2D eigenvalue weighted by Crippen LogP contribution is -2.44. The van der Waals surface area contributed by atoms with E-state index >= 15 is 0 Å². The molecule has 9 nitrogen and oxygen atoms in total. The predicted molar refractivity (Wildman–Crippen MR) is 398 cm³/mol. The van der Waals surface area contributed by atoms with Gasteiger partial charge in [-0.05, 0) is 122 Å². The van der Waals surface area contributed by atoms with Gasteiger partial charge in [-0.1, -0.05) is 320 Å². The largest absolute Gasteiger partial charge is 0.545 e. The van der Waals surface area contributed by atoms with E-state index in [4.69, 9.17) is 18.9 Å². The molecule has 9 heteroatoms. The van der Waals surface area contributed by atoms with Crippen molar-refractivity contribution in [3.05, 3.63) is 158 Å². The van der Waals surface area contributed by atoms with E-state index in [1.54, 1.807) is 0 Å². The standard InChI is InChI=1S/C84H139NO8/c1-6-8-10-12-14-16-18-20-22-24-26-28-30-32-34-36-38-39-40-41-42-43-45-46-48-50-52-54-56-58-60-62-64-66-68-70-72-74-81(86)91-78-80(79-92-84(83(88)89)90-77-76-85(3,4)5)93-82(87)75-73-71-69-67-65-63-61-59-57-55-53-51-49-47-44-37-35-33-31-29-27-25-23-21-19-17-15-13-11-9-7-2/h8-11,14-17,20-23,26-29,33,35,44,47,51,53,57,59,63,65,80,84H,6-7,12-13,18-19,24-25,30-32,34,36-43,45-46,48-50,52,54-56,58,60-62,64,66-79H2,1-5H3/b10-8-,11-9-,16-14-,17-15-,22-20-,23-21-,28-26-,29-27-,35-33-,47-44-,53-51-,59-57-,65-63-. The fourth-order valence-corrected chi connectivity index (χ4v) is 10.1. The second kappa shape index (κ2) is 72.7. The molecule has 0 heterocycles. The normalized spacial score (nSPS) is 13.6. The van der Waals surface area contributed by atoms with Gasteiger partial charge in [0.25, 0.3) is 0 Å². The number of quaternary nitrogens is 1. The summed E-state index contributed by atoms with van der Waals surface area (Å²) in [6.45, 7) is 4.49. The highest BCUT2D eigenvalue weighted by Gasteiger charge is 2.22. The minimum Gasteiger partial charge on any atom is -0.545 e. The Kier molecular flexibility index (Phi) is 68.8. The summed E-state index contributed by atoms with van der Waals surface area (Å²) in [6.07, 6.45) is 105. The molecule has 0 aromatic carbocycles. The Hall–Kier alpha value is -5.09. The molecule has 2 unspecified atom stereocenters. The highest BCUT2D eigenvalue weighted by atomic mass is 16.7. The Bertz CT molecular complexity index is 2090. The van der Waals surface area contributed by atoms with E-state index in [1.807, 2.05) is 21.1 Å². The lowest BCUT2D eigenvalue weighted by molar-refractivity contribution is -0.870. The second-order valence-electron chi connectivity index (χ2n) is 25.8. The van der Waals surface area contributed by atoms with Crippen LogP contribution in [0.3, 0.4) is 0 Å². The summed E-state index contributed by atoms with van der Waals surface area (Å²) in [6, 6.07) is 0. The highest BCUT2D eigenvalue weighted by molar-refractivity contribution is 5.70. The first-order chi connectivity index (χ1) is 45.6. The van der Waals surface area contributed by atoms with Gasteiger partial charge in [-0.3, -0.25) is 9.59 Å². The van der Waals surface area contributed by atoms with Crippen LogP contribution in [0, 0.1) is 0 Å². The number of ether oxygens (including phenoxy) is 4. The van der Waals surface area contributed by atoms with Gasteiger partial charge >= 0.3 is 11.9 Å². The van der Waals surface area contributed by atoms with E-state index in [0.29, 0.717) is 17.4 Å². The molecular formula is C84H139NO8. The molecule has 0 saturated heterocycles. The second-order valence-corrected chi connectivity index (χ2v) is 25.8. The van der Waals surface area contributed by atoms with Gasteiger partial charge in [0, 0.05) is 12.8 Å². The van der Waals surface area contributed by atoms with E-state index in [-0.39, 0.29) is 38.6 Å². The lowest BCUT2D eigenvalue weighted by Gasteiger charge is -2.26. The molecule has 0 N–H and O–H groups in total. The van der Waals surface area contributed by atoms with Gasteiger partial charge in [0.05, 0.1) is 40.3 Å². The van der Waals surface area contributed by atoms with Gasteiger partial charge in [0.1, 0.15) is 13.2 Å². The number of nitrogens with zero attached hydrogens (tertiary/aromatic N) is 1. The highest BCUT2D eigenvalue weighted by Crippen LogP contribution is 2.17. The minimum absolute atomic E-state index is 0.134. The molecule has 0 aliphatic carbocycles. The van der Waals surface area contributed by atoms with Gasteiger partial charge < -0.3 is 33.3 Å². The number of esters is 2. The average Bonchev–Trinajstić information content (AvgIpc) is 3.38. The van der Waals surface area contributed by atoms with Crippen LogP contribution in [0.1, 0.15) is 296 Å².